The van der Waals surface area contributed by atoms with Crippen LogP contribution in [0.4, 0.5) is 0 Å². The molecule has 0 saturated heterocycles. The number of nitrogens with one attached hydrogen (secondary N) is 1. The van der Waals surface area contributed by atoms with Gasteiger partial charge in [0.25, 0.3) is 0 Å². The van der Waals surface area contributed by atoms with Crippen LogP contribution in [0.15, 0.2) is 0 Å². The van der Waals surface area contributed by atoms with Crippen molar-refractivity contribution >= 4 is 0 Å². The van der Waals surface area contributed by atoms with Gasteiger partial charge in [-0.3, -0.25) is 4.90 Å². The Morgan fingerprint density at radius 1 is 1.27 bits per heavy atom. The van der Waals surface area contributed by atoms with Crippen LogP contribution >= 0.6 is 0 Å². The SMILES string of the molecule is CCN(CC(C)(O)CNC(C)C)C(C)C. The van der Waals surface area contributed by atoms with E-state index in [1.807, 2.05) is 6.92 Å². The number of aliphatic hydroxyl groups is 1. The van der Waals surface area contributed by atoms with E-state index < -0.39 is 5.60 Å². The van der Waals surface area contributed by atoms with E-state index in [0.29, 0.717) is 18.6 Å². The fourth-order valence-electron chi connectivity index (χ4n) is 1.58. The highest BCUT2D eigenvalue weighted by Gasteiger charge is 2.24. The zero-order valence-electron chi connectivity index (χ0n) is 11.2. The average Bonchev–Trinajstić information content (AvgIpc) is 2.11. The van der Waals surface area contributed by atoms with Crippen molar-refractivity contribution in [3.8, 4) is 0 Å². The molecular formula is C12H28N2O. The maximum Gasteiger partial charge on any atom is 0.0869 e. The molecule has 3 nitrogen and oxygen atoms in total. The zero-order chi connectivity index (χ0) is 12.1. The highest BCUT2D eigenvalue weighted by Crippen LogP contribution is 2.08. The van der Waals surface area contributed by atoms with Crippen molar-refractivity contribution in [1.29, 1.82) is 0 Å². The van der Waals surface area contributed by atoms with Crippen molar-refractivity contribution in [2.75, 3.05) is 19.6 Å². The molecule has 1 atom stereocenters. The van der Waals surface area contributed by atoms with Crippen LogP contribution in [-0.2, 0) is 0 Å². The normalized spacial score (nSPS) is 16.4. The van der Waals surface area contributed by atoms with Gasteiger partial charge in [0, 0.05) is 25.2 Å². The predicted molar refractivity (Wildman–Crippen MR) is 66.1 cm³/mol. The number of nitrogens with zero attached hydrogens (tertiary/aromatic N) is 1. The first-order valence-corrected chi connectivity index (χ1v) is 5.98. The van der Waals surface area contributed by atoms with Crippen molar-refractivity contribution in [2.45, 2.75) is 59.2 Å². The minimum absolute atomic E-state index is 0.422. The molecular weight excluding hydrogens is 188 g/mol. The van der Waals surface area contributed by atoms with E-state index in [1.165, 1.54) is 0 Å². The van der Waals surface area contributed by atoms with E-state index in [-0.39, 0.29) is 0 Å². The third-order valence-electron chi connectivity index (χ3n) is 2.57. The lowest BCUT2D eigenvalue weighted by Crippen LogP contribution is -2.50. The van der Waals surface area contributed by atoms with Gasteiger partial charge in [-0.2, -0.15) is 0 Å². The van der Waals surface area contributed by atoms with Crippen LogP contribution in [0.1, 0.15) is 41.5 Å². The Hall–Kier alpha value is -0.120. The first kappa shape index (κ1) is 14.9. The van der Waals surface area contributed by atoms with E-state index in [9.17, 15) is 5.11 Å². The van der Waals surface area contributed by atoms with Crippen LogP contribution in [-0.4, -0.2) is 47.3 Å². The minimum Gasteiger partial charge on any atom is -0.388 e. The third-order valence-corrected chi connectivity index (χ3v) is 2.57. The molecule has 0 bridgehead atoms. The summed E-state index contributed by atoms with van der Waals surface area (Å²) >= 11 is 0. The van der Waals surface area contributed by atoms with E-state index in [1.54, 1.807) is 0 Å². The molecule has 15 heavy (non-hydrogen) atoms. The molecule has 0 rings (SSSR count). The summed E-state index contributed by atoms with van der Waals surface area (Å²) in [5.41, 5.74) is -0.648. The Morgan fingerprint density at radius 2 is 1.80 bits per heavy atom. The molecule has 1 unspecified atom stereocenters. The number of hydrogen-bond donors (Lipinski definition) is 2. The van der Waals surface area contributed by atoms with Crippen molar-refractivity contribution in [3.05, 3.63) is 0 Å². The molecule has 0 fully saturated rings. The molecule has 0 aliphatic rings. The lowest BCUT2D eigenvalue weighted by Gasteiger charge is -2.34. The van der Waals surface area contributed by atoms with Crippen molar-refractivity contribution in [2.24, 2.45) is 0 Å². The molecule has 0 aliphatic heterocycles. The highest BCUT2D eigenvalue weighted by atomic mass is 16.3. The monoisotopic (exact) mass is 216 g/mol. The van der Waals surface area contributed by atoms with Gasteiger partial charge in [-0.25, -0.2) is 0 Å². The van der Waals surface area contributed by atoms with Gasteiger partial charge in [0.15, 0.2) is 0 Å². The van der Waals surface area contributed by atoms with Crippen LogP contribution in [0.5, 0.6) is 0 Å². The molecule has 0 aromatic carbocycles. The lowest BCUT2D eigenvalue weighted by atomic mass is 10.1. The molecule has 0 saturated carbocycles. The second-order valence-electron chi connectivity index (χ2n) is 5.19. The van der Waals surface area contributed by atoms with Crippen molar-refractivity contribution in [3.63, 3.8) is 0 Å². The summed E-state index contributed by atoms with van der Waals surface area (Å²) in [7, 11) is 0. The molecule has 0 amide bonds. The smallest absolute Gasteiger partial charge is 0.0869 e. The Morgan fingerprint density at radius 3 is 2.13 bits per heavy atom. The number of likely N-dealkylation sites (N-methyl/N-ethyl adjacent to an activating group) is 1. The van der Waals surface area contributed by atoms with Gasteiger partial charge in [-0.15, -0.1) is 0 Å². The molecule has 3 heteroatoms. The zero-order valence-corrected chi connectivity index (χ0v) is 11.2. The minimum atomic E-state index is -0.648. The number of rotatable bonds is 7. The van der Waals surface area contributed by atoms with Gasteiger partial charge in [0.1, 0.15) is 0 Å². The average molecular weight is 216 g/mol. The Bertz CT molecular complexity index is 167. The van der Waals surface area contributed by atoms with Gasteiger partial charge in [0.05, 0.1) is 5.60 Å². The van der Waals surface area contributed by atoms with Crippen molar-refractivity contribution in [1.82, 2.24) is 10.2 Å². The van der Waals surface area contributed by atoms with Crippen LogP contribution in [0.2, 0.25) is 0 Å². The molecule has 0 spiro atoms. The molecule has 92 valence electrons. The highest BCUT2D eigenvalue weighted by molar-refractivity contribution is 4.81. The summed E-state index contributed by atoms with van der Waals surface area (Å²) < 4.78 is 0. The van der Waals surface area contributed by atoms with E-state index in [0.717, 1.165) is 13.1 Å². The molecule has 0 aromatic heterocycles. The van der Waals surface area contributed by atoms with E-state index in [2.05, 4.69) is 44.8 Å². The summed E-state index contributed by atoms with van der Waals surface area (Å²) in [6.45, 7) is 14.9. The second kappa shape index (κ2) is 6.46. The van der Waals surface area contributed by atoms with E-state index >= 15 is 0 Å². The maximum absolute atomic E-state index is 10.2. The lowest BCUT2D eigenvalue weighted by molar-refractivity contribution is 0.0113. The summed E-state index contributed by atoms with van der Waals surface area (Å²) in [6.07, 6.45) is 0. The number of hydrogen-bond acceptors (Lipinski definition) is 3. The van der Waals surface area contributed by atoms with Gasteiger partial charge in [-0.1, -0.05) is 20.8 Å². The molecule has 0 heterocycles. The molecule has 2 N–H and O–H groups in total. The topological polar surface area (TPSA) is 35.5 Å². The first-order chi connectivity index (χ1) is 6.78. The quantitative estimate of drug-likeness (QED) is 0.676. The summed E-state index contributed by atoms with van der Waals surface area (Å²) in [5, 5.41) is 13.5. The fourth-order valence-corrected chi connectivity index (χ4v) is 1.58. The van der Waals surface area contributed by atoms with Crippen molar-refractivity contribution < 1.29 is 5.11 Å². The van der Waals surface area contributed by atoms with E-state index in [4.69, 9.17) is 0 Å². The van der Waals surface area contributed by atoms with Crippen LogP contribution < -0.4 is 5.32 Å². The first-order valence-electron chi connectivity index (χ1n) is 5.98. The van der Waals surface area contributed by atoms with Gasteiger partial charge < -0.3 is 10.4 Å². The van der Waals surface area contributed by atoms with Crippen LogP contribution in [0, 0.1) is 0 Å². The van der Waals surface area contributed by atoms with Gasteiger partial charge >= 0.3 is 0 Å². The van der Waals surface area contributed by atoms with Crippen LogP contribution in [0.25, 0.3) is 0 Å². The van der Waals surface area contributed by atoms with Gasteiger partial charge in [-0.05, 0) is 27.3 Å². The third kappa shape index (κ3) is 6.88. The van der Waals surface area contributed by atoms with Gasteiger partial charge in [0.2, 0.25) is 0 Å². The summed E-state index contributed by atoms with van der Waals surface area (Å²) in [4.78, 5) is 2.28. The van der Waals surface area contributed by atoms with Crippen LogP contribution in [0.3, 0.4) is 0 Å². The second-order valence-corrected chi connectivity index (χ2v) is 5.19. The predicted octanol–water partition coefficient (Wildman–Crippen LogP) is 1.47. The maximum atomic E-state index is 10.2. The molecule has 0 aromatic rings. The molecule has 0 radical (unpaired) electrons. The Balaban J connectivity index is 4.09. The summed E-state index contributed by atoms with van der Waals surface area (Å²) in [5.74, 6) is 0. The molecule has 0 aliphatic carbocycles. The summed E-state index contributed by atoms with van der Waals surface area (Å²) in [6, 6.07) is 0.908. The Kier molecular flexibility index (Phi) is 6.41. The largest absolute Gasteiger partial charge is 0.388 e. The fraction of sp³-hybridized carbons (Fsp3) is 1.00. The Labute approximate surface area is 94.9 Å². The standard InChI is InChI=1S/C12H28N2O/c1-7-14(11(4)5)9-12(6,15)8-13-10(2)3/h10-11,13,15H,7-9H2,1-6H3.